The SMILES string of the molecule is COc1cc(OC)nc(NC(=O)NS(=O)(=O)Nc2ccc3ccccc3c2)n1. The van der Waals surface area contributed by atoms with E-state index in [-0.39, 0.29) is 17.7 Å². The second-order valence-electron chi connectivity index (χ2n) is 5.50. The van der Waals surface area contributed by atoms with Gasteiger partial charge in [-0.05, 0) is 22.9 Å². The van der Waals surface area contributed by atoms with Gasteiger partial charge in [0.2, 0.25) is 17.7 Å². The fourth-order valence-electron chi connectivity index (χ4n) is 2.35. The lowest BCUT2D eigenvalue weighted by Gasteiger charge is -2.11. The van der Waals surface area contributed by atoms with Crippen LogP contribution < -0.4 is 24.2 Å². The van der Waals surface area contributed by atoms with Crippen molar-refractivity contribution >= 4 is 38.6 Å². The predicted octanol–water partition coefficient (Wildman–Crippen LogP) is 2.13. The summed E-state index contributed by atoms with van der Waals surface area (Å²) in [6, 6.07) is 12.8. The summed E-state index contributed by atoms with van der Waals surface area (Å²) in [5.74, 6) is 0.0909. The van der Waals surface area contributed by atoms with Crippen LogP contribution in [0.4, 0.5) is 16.4 Å². The molecule has 0 unspecified atom stereocenters. The molecule has 0 saturated heterocycles. The molecule has 0 fully saturated rings. The number of hydrogen-bond donors (Lipinski definition) is 3. The Morgan fingerprint density at radius 3 is 2.21 bits per heavy atom. The molecule has 0 aliphatic heterocycles. The van der Waals surface area contributed by atoms with Crippen LogP contribution in [0.3, 0.4) is 0 Å². The summed E-state index contributed by atoms with van der Waals surface area (Å²) in [6.07, 6.45) is 0. The fraction of sp³-hybridized carbons (Fsp3) is 0.118. The van der Waals surface area contributed by atoms with E-state index in [2.05, 4.69) is 20.0 Å². The molecule has 1 heterocycles. The number of fused-ring (bicyclic) bond motifs is 1. The second kappa shape index (κ2) is 7.96. The maximum Gasteiger partial charge on any atom is 0.336 e. The van der Waals surface area contributed by atoms with Gasteiger partial charge < -0.3 is 9.47 Å². The number of urea groups is 1. The van der Waals surface area contributed by atoms with Gasteiger partial charge in [0.15, 0.2) is 0 Å². The molecule has 0 saturated carbocycles. The highest BCUT2D eigenvalue weighted by Gasteiger charge is 2.16. The van der Waals surface area contributed by atoms with Gasteiger partial charge in [0, 0.05) is 0 Å². The number of carbonyl (C=O) groups is 1. The Hall–Kier alpha value is -3.60. The van der Waals surface area contributed by atoms with Gasteiger partial charge in [-0.3, -0.25) is 10.0 Å². The largest absolute Gasteiger partial charge is 0.481 e. The van der Waals surface area contributed by atoms with Gasteiger partial charge in [-0.2, -0.15) is 18.4 Å². The highest BCUT2D eigenvalue weighted by molar-refractivity contribution is 7.91. The van der Waals surface area contributed by atoms with E-state index in [1.807, 2.05) is 29.0 Å². The molecule has 3 rings (SSSR count). The van der Waals surface area contributed by atoms with Crippen LogP contribution in [0.1, 0.15) is 0 Å². The van der Waals surface area contributed by atoms with Crippen LogP contribution in [0, 0.1) is 0 Å². The standard InChI is InChI=1S/C17H17N5O5S/c1-26-14-10-15(27-2)19-16(18-14)20-17(23)22-28(24,25)21-13-8-7-11-5-3-4-6-12(11)9-13/h3-10,21H,1-2H3,(H2,18,19,20,22,23). The zero-order chi connectivity index (χ0) is 20.1. The molecule has 146 valence electrons. The Morgan fingerprint density at radius 2 is 1.57 bits per heavy atom. The van der Waals surface area contributed by atoms with Crippen molar-refractivity contribution in [2.75, 3.05) is 24.3 Å². The van der Waals surface area contributed by atoms with Crippen LogP contribution in [-0.4, -0.2) is 38.6 Å². The molecular formula is C17H17N5O5S. The Morgan fingerprint density at radius 1 is 0.929 bits per heavy atom. The number of carbonyl (C=O) groups excluding carboxylic acids is 1. The highest BCUT2D eigenvalue weighted by Crippen LogP contribution is 2.20. The lowest BCUT2D eigenvalue weighted by Crippen LogP contribution is -2.38. The van der Waals surface area contributed by atoms with Crippen LogP contribution >= 0.6 is 0 Å². The molecule has 0 atom stereocenters. The number of anilines is 2. The summed E-state index contributed by atoms with van der Waals surface area (Å²) in [7, 11) is -1.43. The first-order valence-corrected chi connectivity index (χ1v) is 9.44. The highest BCUT2D eigenvalue weighted by atomic mass is 32.2. The first kappa shape index (κ1) is 19.2. The van der Waals surface area contributed by atoms with Gasteiger partial charge in [0.05, 0.1) is 26.0 Å². The molecule has 3 N–H and O–H groups in total. The molecule has 0 spiro atoms. The summed E-state index contributed by atoms with van der Waals surface area (Å²) in [5.41, 5.74) is 0.304. The molecule has 10 nitrogen and oxygen atoms in total. The van der Waals surface area contributed by atoms with Crippen molar-refractivity contribution in [2.24, 2.45) is 0 Å². The molecule has 11 heteroatoms. The topological polar surface area (TPSA) is 132 Å². The van der Waals surface area contributed by atoms with Crippen molar-refractivity contribution in [3.8, 4) is 11.8 Å². The maximum atomic E-state index is 12.2. The number of methoxy groups -OCH3 is 2. The summed E-state index contributed by atoms with van der Waals surface area (Å²) in [4.78, 5) is 19.8. The summed E-state index contributed by atoms with van der Waals surface area (Å²) < 4.78 is 38.4. The minimum absolute atomic E-state index is 0.138. The second-order valence-corrected chi connectivity index (χ2v) is 6.92. The molecule has 2 amide bonds. The van der Waals surface area contributed by atoms with Gasteiger partial charge in [-0.25, -0.2) is 9.52 Å². The molecule has 0 aliphatic carbocycles. The number of aromatic nitrogens is 2. The molecule has 2 aromatic carbocycles. The van der Waals surface area contributed by atoms with Gasteiger partial charge in [-0.1, -0.05) is 30.3 Å². The first-order chi connectivity index (χ1) is 13.4. The summed E-state index contributed by atoms with van der Waals surface area (Å²) >= 11 is 0. The summed E-state index contributed by atoms with van der Waals surface area (Å²) in [5, 5.41) is 4.02. The number of amides is 2. The van der Waals surface area contributed by atoms with E-state index < -0.39 is 16.2 Å². The molecule has 1 aromatic heterocycles. The molecular weight excluding hydrogens is 386 g/mol. The minimum atomic E-state index is -4.18. The zero-order valence-corrected chi connectivity index (χ0v) is 15.8. The van der Waals surface area contributed by atoms with Gasteiger partial charge >= 0.3 is 16.2 Å². The smallest absolute Gasteiger partial charge is 0.336 e. The van der Waals surface area contributed by atoms with Crippen LogP contribution in [0.5, 0.6) is 11.8 Å². The van der Waals surface area contributed by atoms with E-state index in [9.17, 15) is 13.2 Å². The van der Waals surface area contributed by atoms with E-state index >= 15 is 0 Å². The van der Waals surface area contributed by atoms with Gasteiger partial charge in [-0.15, -0.1) is 0 Å². The van der Waals surface area contributed by atoms with E-state index in [0.717, 1.165) is 10.8 Å². The number of benzene rings is 2. The Kier molecular flexibility index (Phi) is 5.45. The van der Waals surface area contributed by atoms with Crippen molar-refractivity contribution in [3.63, 3.8) is 0 Å². The number of rotatable bonds is 6. The van der Waals surface area contributed by atoms with Crippen molar-refractivity contribution < 1.29 is 22.7 Å². The van der Waals surface area contributed by atoms with Crippen LogP contribution in [0.2, 0.25) is 0 Å². The average molecular weight is 403 g/mol. The van der Waals surface area contributed by atoms with Gasteiger partial charge in [0.1, 0.15) is 0 Å². The molecule has 0 bridgehead atoms. The third-order valence-corrected chi connectivity index (χ3v) is 4.51. The first-order valence-electron chi connectivity index (χ1n) is 7.96. The van der Waals surface area contributed by atoms with Crippen LogP contribution in [-0.2, 0) is 10.2 Å². The average Bonchev–Trinajstić information content (AvgIpc) is 2.66. The molecule has 3 aromatic rings. The number of hydrogen-bond acceptors (Lipinski definition) is 7. The quantitative estimate of drug-likeness (QED) is 0.574. The lowest BCUT2D eigenvalue weighted by atomic mass is 10.1. The van der Waals surface area contributed by atoms with E-state index in [4.69, 9.17) is 9.47 Å². The van der Waals surface area contributed by atoms with Crippen LogP contribution in [0.25, 0.3) is 10.8 Å². The van der Waals surface area contributed by atoms with Crippen molar-refractivity contribution in [3.05, 3.63) is 48.5 Å². The Balaban J connectivity index is 1.70. The lowest BCUT2D eigenvalue weighted by molar-refractivity contribution is 0.256. The number of ether oxygens (including phenoxy) is 2. The van der Waals surface area contributed by atoms with E-state index in [1.54, 1.807) is 18.2 Å². The molecule has 0 radical (unpaired) electrons. The number of nitrogens with zero attached hydrogens (tertiary/aromatic N) is 2. The normalized spacial score (nSPS) is 10.9. The van der Waals surface area contributed by atoms with Crippen molar-refractivity contribution in [1.82, 2.24) is 14.7 Å². The van der Waals surface area contributed by atoms with Crippen LogP contribution in [0.15, 0.2) is 48.5 Å². The molecule has 28 heavy (non-hydrogen) atoms. The Bertz CT molecular complexity index is 1100. The van der Waals surface area contributed by atoms with Gasteiger partial charge in [0.25, 0.3) is 0 Å². The molecule has 0 aliphatic rings. The third kappa shape index (κ3) is 4.76. The fourth-order valence-corrected chi connectivity index (χ4v) is 3.13. The third-order valence-electron chi connectivity index (χ3n) is 3.55. The van der Waals surface area contributed by atoms with E-state index in [0.29, 0.717) is 5.69 Å². The Labute approximate surface area is 161 Å². The monoisotopic (exact) mass is 403 g/mol. The predicted molar refractivity (Wildman–Crippen MR) is 104 cm³/mol. The van der Waals surface area contributed by atoms with Crippen molar-refractivity contribution in [1.29, 1.82) is 0 Å². The van der Waals surface area contributed by atoms with Crippen molar-refractivity contribution in [2.45, 2.75) is 0 Å². The summed E-state index contributed by atoms with van der Waals surface area (Å²) in [6.45, 7) is 0. The number of nitrogens with one attached hydrogen (secondary N) is 3. The van der Waals surface area contributed by atoms with E-state index in [1.165, 1.54) is 20.3 Å². The zero-order valence-electron chi connectivity index (χ0n) is 15.0. The maximum absolute atomic E-state index is 12.2. The minimum Gasteiger partial charge on any atom is -0.481 e.